The summed E-state index contributed by atoms with van der Waals surface area (Å²) in [5.41, 5.74) is 0. The van der Waals surface area contributed by atoms with E-state index in [0.717, 1.165) is 16.2 Å². The molecule has 0 spiro atoms. The molecular weight excluding hydrogens is 356 g/mol. The van der Waals surface area contributed by atoms with Gasteiger partial charge in [0.1, 0.15) is 10.3 Å². The Morgan fingerprint density at radius 1 is 1.42 bits per heavy atom. The van der Waals surface area contributed by atoms with Crippen molar-refractivity contribution in [2.24, 2.45) is 0 Å². The fraction of sp³-hybridized carbons (Fsp3) is 0.400. The first-order chi connectivity index (χ1) is 8.81. The molecule has 1 aromatic heterocycles. The number of nitrogens with zero attached hydrogens (tertiary/aromatic N) is 1. The summed E-state index contributed by atoms with van der Waals surface area (Å²) in [4.78, 5) is 24.1. The topological polar surface area (TPSA) is 83.6 Å². The van der Waals surface area contributed by atoms with Crippen molar-refractivity contribution in [1.82, 2.24) is 9.62 Å². The number of likely N-dealkylation sites (N-methyl/N-ethyl adjacent to an activating group) is 1. The molecule has 1 atom stereocenters. The molecule has 2 amide bonds. The second-order valence-electron chi connectivity index (χ2n) is 4.06. The zero-order valence-corrected chi connectivity index (χ0v) is 13.1. The largest absolute Gasteiger partial charge is 0.284 e. The van der Waals surface area contributed by atoms with Crippen molar-refractivity contribution in [3.8, 4) is 0 Å². The predicted octanol–water partition coefficient (Wildman–Crippen LogP) is 0.936. The molecule has 19 heavy (non-hydrogen) atoms. The Balaban J connectivity index is 2.17. The van der Waals surface area contributed by atoms with E-state index in [4.69, 9.17) is 0 Å². The third-order valence-electron chi connectivity index (χ3n) is 2.76. The highest BCUT2D eigenvalue weighted by Gasteiger charge is 2.35. The van der Waals surface area contributed by atoms with Gasteiger partial charge in [0.15, 0.2) is 0 Å². The number of rotatable bonds is 3. The number of piperidine rings is 1. The number of thiophene rings is 1. The Morgan fingerprint density at radius 3 is 2.68 bits per heavy atom. The number of nitrogens with one attached hydrogen (secondary N) is 1. The summed E-state index contributed by atoms with van der Waals surface area (Å²) in [5, 5.41) is 0. The lowest BCUT2D eigenvalue weighted by molar-refractivity contribution is -0.147. The number of halogens is 1. The molecule has 2 heterocycles. The molecule has 6 nitrogen and oxygen atoms in total. The van der Waals surface area contributed by atoms with Gasteiger partial charge in [-0.1, -0.05) is 0 Å². The smallest absolute Gasteiger partial charge is 0.250 e. The van der Waals surface area contributed by atoms with E-state index < -0.39 is 22.0 Å². The number of imide groups is 1. The molecule has 1 aliphatic heterocycles. The summed E-state index contributed by atoms with van der Waals surface area (Å²) in [6.07, 6.45) is 0.345. The first kappa shape index (κ1) is 14.6. The van der Waals surface area contributed by atoms with E-state index in [1.165, 1.54) is 13.1 Å². The highest BCUT2D eigenvalue weighted by atomic mass is 79.9. The molecule has 0 radical (unpaired) electrons. The molecule has 1 aliphatic rings. The zero-order chi connectivity index (χ0) is 14.2. The molecule has 2 rings (SSSR count). The van der Waals surface area contributed by atoms with E-state index >= 15 is 0 Å². The van der Waals surface area contributed by atoms with Crippen LogP contribution in [0.25, 0.3) is 0 Å². The van der Waals surface area contributed by atoms with Crippen molar-refractivity contribution in [3.63, 3.8) is 0 Å². The standard InChI is InChI=1S/C10H11BrN2O4S2/c1-13-8(14)4-2-6(10(13)15)12-19(16,17)9-5-3-7(11)18-9/h3,5-6,12H,2,4H2,1H3. The number of hydrogen-bond donors (Lipinski definition) is 1. The van der Waals surface area contributed by atoms with Gasteiger partial charge in [-0.3, -0.25) is 14.5 Å². The molecule has 1 N–H and O–H groups in total. The van der Waals surface area contributed by atoms with Crippen molar-refractivity contribution >= 4 is 49.1 Å². The molecule has 0 aliphatic carbocycles. The van der Waals surface area contributed by atoms with Crippen LogP contribution in [-0.4, -0.2) is 38.2 Å². The molecule has 0 saturated carbocycles. The lowest BCUT2D eigenvalue weighted by atomic mass is 10.1. The molecule has 1 unspecified atom stereocenters. The second kappa shape index (κ2) is 5.31. The van der Waals surface area contributed by atoms with E-state index in [1.807, 2.05) is 0 Å². The number of carbonyl (C=O) groups is 2. The van der Waals surface area contributed by atoms with Crippen molar-refractivity contribution < 1.29 is 18.0 Å². The maximum Gasteiger partial charge on any atom is 0.250 e. The van der Waals surface area contributed by atoms with Crippen molar-refractivity contribution in [2.45, 2.75) is 23.1 Å². The molecule has 1 aromatic rings. The summed E-state index contributed by atoms with van der Waals surface area (Å²) in [6.45, 7) is 0. The summed E-state index contributed by atoms with van der Waals surface area (Å²) in [7, 11) is -2.38. The van der Waals surface area contributed by atoms with Gasteiger partial charge in [-0.2, -0.15) is 4.72 Å². The van der Waals surface area contributed by atoms with Gasteiger partial charge < -0.3 is 0 Å². The number of amides is 2. The lowest BCUT2D eigenvalue weighted by Gasteiger charge is -2.27. The van der Waals surface area contributed by atoms with Gasteiger partial charge in [0.25, 0.3) is 10.0 Å². The van der Waals surface area contributed by atoms with E-state index in [0.29, 0.717) is 3.79 Å². The van der Waals surface area contributed by atoms with Gasteiger partial charge in [-0.25, -0.2) is 8.42 Å². The first-order valence-corrected chi connectivity index (χ1v) is 8.48. The number of carbonyl (C=O) groups excluding carboxylic acids is 2. The fourth-order valence-electron chi connectivity index (χ4n) is 1.71. The Bertz CT molecular complexity index is 625. The highest BCUT2D eigenvalue weighted by molar-refractivity contribution is 9.11. The van der Waals surface area contributed by atoms with Crippen LogP contribution < -0.4 is 4.72 Å². The molecule has 9 heteroatoms. The molecular formula is C10H11BrN2O4S2. The van der Waals surface area contributed by atoms with Crippen LogP contribution in [0, 0.1) is 0 Å². The van der Waals surface area contributed by atoms with Crippen molar-refractivity contribution in [2.75, 3.05) is 7.05 Å². The summed E-state index contributed by atoms with van der Waals surface area (Å²) in [6, 6.07) is 2.20. The van der Waals surface area contributed by atoms with Gasteiger partial charge >= 0.3 is 0 Å². The molecule has 104 valence electrons. The van der Waals surface area contributed by atoms with Crippen molar-refractivity contribution in [1.29, 1.82) is 0 Å². The Hall–Kier alpha value is -0.770. The van der Waals surface area contributed by atoms with Crippen LogP contribution in [0.1, 0.15) is 12.8 Å². The van der Waals surface area contributed by atoms with Crippen LogP contribution >= 0.6 is 27.3 Å². The summed E-state index contributed by atoms with van der Waals surface area (Å²) < 4.78 is 27.3. The maximum absolute atomic E-state index is 12.1. The van der Waals surface area contributed by atoms with E-state index in [2.05, 4.69) is 20.7 Å². The molecule has 1 saturated heterocycles. The van der Waals surface area contributed by atoms with E-state index in [9.17, 15) is 18.0 Å². The predicted molar refractivity (Wildman–Crippen MR) is 73.1 cm³/mol. The van der Waals surface area contributed by atoms with Crippen LogP contribution in [0.4, 0.5) is 0 Å². The van der Waals surface area contributed by atoms with Gasteiger partial charge in [0.05, 0.1) is 3.79 Å². The minimum absolute atomic E-state index is 0.131. The summed E-state index contributed by atoms with van der Waals surface area (Å²) in [5.74, 6) is -0.810. The average molecular weight is 367 g/mol. The molecule has 0 aromatic carbocycles. The first-order valence-electron chi connectivity index (χ1n) is 5.39. The highest BCUT2D eigenvalue weighted by Crippen LogP contribution is 2.26. The normalized spacial score (nSPS) is 20.9. The van der Waals surface area contributed by atoms with Gasteiger partial charge in [-0.15, -0.1) is 11.3 Å². The Kier molecular flexibility index (Phi) is 4.09. The minimum atomic E-state index is -3.73. The monoisotopic (exact) mass is 366 g/mol. The Morgan fingerprint density at radius 2 is 2.11 bits per heavy atom. The van der Waals surface area contributed by atoms with Gasteiger partial charge in [0, 0.05) is 13.5 Å². The summed E-state index contributed by atoms with van der Waals surface area (Å²) >= 11 is 4.25. The second-order valence-corrected chi connectivity index (χ2v) is 8.47. The van der Waals surface area contributed by atoms with Gasteiger partial charge in [-0.05, 0) is 34.5 Å². The van der Waals surface area contributed by atoms with Crippen LogP contribution in [0.5, 0.6) is 0 Å². The third-order valence-corrected chi connectivity index (χ3v) is 6.35. The average Bonchev–Trinajstić information content (AvgIpc) is 2.78. The van der Waals surface area contributed by atoms with E-state index in [1.54, 1.807) is 6.07 Å². The van der Waals surface area contributed by atoms with Crippen LogP contribution in [0.15, 0.2) is 20.1 Å². The van der Waals surface area contributed by atoms with E-state index in [-0.39, 0.29) is 23.0 Å². The van der Waals surface area contributed by atoms with Crippen molar-refractivity contribution in [3.05, 3.63) is 15.9 Å². The molecule has 1 fully saturated rings. The van der Waals surface area contributed by atoms with Crippen LogP contribution in [-0.2, 0) is 19.6 Å². The van der Waals surface area contributed by atoms with Gasteiger partial charge in [0.2, 0.25) is 11.8 Å². The van der Waals surface area contributed by atoms with Crippen LogP contribution in [0.2, 0.25) is 0 Å². The number of sulfonamides is 1. The number of hydrogen-bond acceptors (Lipinski definition) is 5. The fourth-order valence-corrected chi connectivity index (χ4v) is 4.96. The number of likely N-dealkylation sites (tertiary alicyclic amines) is 1. The lowest BCUT2D eigenvalue weighted by Crippen LogP contribution is -2.52. The Labute approximate surface area is 123 Å². The van der Waals surface area contributed by atoms with Crippen LogP contribution in [0.3, 0.4) is 0 Å². The molecule has 0 bridgehead atoms. The maximum atomic E-state index is 12.1. The SMILES string of the molecule is CN1C(=O)CCC(NS(=O)(=O)c2ccc(Br)s2)C1=O. The third kappa shape index (κ3) is 3.04. The minimum Gasteiger partial charge on any atom is -0.284 e. The zero-order valence-electron chi connectivity index (χ0n) is 9.92. The quantitative estimate of drug-likeness (QED) is 0.806.